The standard InChI is InChI=1S/C11H16O2/c1-2-9-3-8(1)4-10(9)5-12-6-11-7-13-11/h8,11H,1-7H2. The second-order valence-electron chi connectivity index (χ2n) is 4.49. The van der Waals surface area contributed by atoms with E-state index in [4.69, 9.17) is 9.47 Å². The molecule has 1 heterocycles. The highest BCUT2D eigenvalue weighted by molar-refractivity contribution is 5.26. The van der Waals surface area contributed by atoms with E-state index in [1.54, 1.807) is 11.1 Å². The van der Waals surface area contributed by atoms with Crippen LogP contribution in [0, 0.1) is 5.92 Å². The van der Waals surface area contributed by atoms with E-state index in [-0.39, 0.29) is 0 Å². The van der Waals surface area contributed by atoms with Crippen LogP contribution in [0.1, 0.15) is 25.7 Å². The maximum atomic E-state index is 5.61. The van der Waals surface area contributed by atoms with Gasteiger partial charge in [0.05, 0.1) is 19.8 Å². The monoisotopic (exact) mass is 180 g/mol. The number of rotatable bonds is 4. The van der Waals surface area contributed by atoms with Gasteiger partial charge in [-0.3, -0.25) is 0 Å². The molecule has 2 atom stereocenters. The fourth-order valence-corrected chi connectivity index (χ4v) is 2.56. The molecule has 2 unspecified atom stereocenters. The van der Waals surface area contributed by atoms with Gasteiger partial charge in [-0.25, -0.2) is 0 Å². The molecule has 0 spiro atoms. The Hall–Kier alpha value is -0.340. The van der Waals surface area contributed by atoms with Crippen LogP contribution in [0.25, 0.3) is 0 Å². The number of ether oxygens (including phenoxy) is 2. The lowest BCUT2D eigenvalue weighted by Gasteiger charge is -2.11. The first kappa shape index (κ1) is 8.01. The zero-order chi connectivity index (χ0) is 8.67. The van der Waals surface area contributed by atoms with Crippen molar-refractivity contribution in [2.45, 2.75) is 31.8 Å². The Morgan fingerprint density at radius 2 is 2.31 bits per heavy atom. The number of epoxide rings is 1. The van der Waals surface area contributed by atoms with Crippen molar-refractivity contribution in [3.05, 3.63) is 11.1 Å². The molecule has 2 fully saturated rings. The Morgan fingerprint density at radius 3 is 2.92 bits per heavy atom. The summed E-state index contributed by atoms with van der Waals surface area (Å²) in [7, 11) is 0. The van der Waals surface area contributed by atoms with Crippen molar-refractivity contribution in [2.75, 3.05) is 19.8 Å². The van der Waals surface area contributed by atoms with E-state index in [0.717, 1.165) is 25.7 Å². The Morgan fingerprint density at radius 1 is 1.38 bits per heavy atom. The van der Waals surface area contributed by atoms with E-state index < -0.39 is 0 Å². The van der Waals surface area contributed by atoms with Crippen molar-refractivity contribution in [1.82, 2.24) is 0 Å². The third kappa shape index (κ3) is 1.65. The summed E-state index contributed by atoms with van der Waals surface area (Å²) in [5.74, 6) is 0.978. The van der Waals surface area contributed by atoms with Crippen LogP contribution in [0.2, 0.25) is 0 Å². The molecule has 1 aliphatic heterocycles. The zero-order valence-electron chi connectivity index (χ0n) is 7.92. The van der Waals surface area contributed by atoms with E-state index in [9.17, 15) is 0 Å². The van der Waals surface area contributed by atoms with Crippen molar-refractivity contribution >= 4 is 0 Å². The van der Waals surface area contributed by atoms with E-state index in [1.807, 2.05) is 0 Å². The summed E-state index contributed by atoms with van der Waals surface area (Å²) in [6.45, 7) is 2.60. The molecular formula is C11H16O2. The molecule has 3 aliphatic rings. The number of allylic oxidation sites excluding steroid dienone is 1. The van der Waals surface area contributed by atoms with Gasteiger partial charge in [-0.15, -0.1) is 0 Å². The average Bonchev–Trinajstić information content (AvgIpc) is 2.74. The van der Waals surface area contributed by atoms with Gasteiger partial charge in [-0.05, 0) is 37.2 Å². The molecule has 0 amide bonds. The van der Waals surface area contributed by atoms with Crippen LogP contribution in [-0.2, 0) is 9.47 Å². The minimum Gasteiger partial charge on any atom is -0.374 e. The normalized spacial score (nSPS) is 36.0. The molecule has 3 rings (SSSR count). The van der Waals surface area contributed by atoms with Gasteiger partial charge in [-0.2, -0.15) is 0 Å². The first-order chi connectivity index (χ1) is 6.42. The van der Waals surface area contributed by atoms with E-state index in [2.05, 4.69) is 0 Å². The molecule has 2 nitrogen and oxygen atoms in total. The largest absolute Gasteiger partial charge is 0.374 e. The molecule has 0 aromatic rings. The molecule has 1 saturated heterocycles. The van der Waals surface area contributed by atoms with Gasteiger partial charge < -0.3 is 9.47 Å². The summed E-state index contributed by atoms with van der Waals surface area (Å²) in [6.07, 6.45) is 5.90. The van der Waals surface area contributed by atoms with Crippen molar-refractivity contribution in [2.24, 2.45) is 5.92 Å². The molecule has 1 saturated carbocycles. The molecule has 0 aromatic heterocycles. The molecule has 2 heteroatoms. The zero-order valence-corrected chi connectivity index (χ0v) is 7.92. The summed E-state index contributed by atoms with van der Waals surface area (Å²) in [5.41, 5.74) is 3.32. The summed E-state index contributed by atoms with van der Waals surface area (Å²) in [6, 6.07) is 0. The number of fused-ring (bicyclic) bond motifs is 2. The summed E-state index contributed by atoms with van der Waals surface area (Å²) in [4.78, 5) is 0. The number of hydrogen-bond donors (Lipinski definition) is 0. The van der Waals surface area contributed by atoms with E-state index in [1.165, 1.54) is 25.7 Å². The lowest BCUT2D eigenvalue weighted by molar-refractivity contribution is 0.133. The summed E-state index contributed by atoms with van der Waals surface area (Å²) >= 11 is 0. The maximum Gasteiger partial charge on any atom is 0.104 e. The van der Waals surface area contributed by atoms with Crippen molar-refractivity contribution in [3.63, 3.8) is 0 Å². The second-order valence-corrected chi connectivity index (χ2v) is 4.49. The molecular weight excluding hydrogens is 164 g/mol. The minimum atomic E-state index is 0.421. The Balaban J connectivity index is 1.49. The second kappa shape index (κ2) is 3.10. The Bertz CT molecular complexity index is 240. The Labute approximate surface area is 78.9 Å². The highest BCUT2D eigenvalue weighted by Gasteiger charge is 2.30. The van der Waals surface area contributed by atoms with Gasteiger partial charge in [0.25, 0.3) is 0 Å². The highest BCUT2D eigenvalue weighted by atomic mass is 16.6. The quantitative estimate of drug-likeness (QED) is 0.487. The molecule has 2 aliphatic carbocycles. The third-order valence-electron chi connectivity index (χ3n) is 3.41. The minimum absolute atomic E-state index is 0.421. The van der Waals surface area contributed by atoms with Crippen LogP contribution < -0.4 is 0 Å². The van der Waals surface area contributed by atoms with Gasteiger partial charge in [-0.1, -0.05) is 5.57 Å². The third-order valence-corrected chi connectivity index (χ3v) is 3.41. The maximum absolute atomic E-state index is 5.61. The lowest BCUT2D eigenvalue weighted by atomic mass is 10.00. The number of hydrogen-bond acceptors (Lipinski definition) is 2. The van der Waals surface area contributed by atoms with Crippen LogP contribution in [-0.4, -0.2) is 25.9 Å². The van der Waals surface area contributed by atoms with Gasteiger partial charge in [0, 0.05) is 0 Å². The first-order valence-electron chi connectivity index (χ1n) is 5.31. The van der Waals surface area contributed by atoms with E-state index in [0.29, 0.717) is 6.10 Å². The molecule has 72 valence electrons. The van der Waals surface area contributed by atoms with E-state index >= 15 is 0 Å². The Kier molecular flexibility index (Phi) is 1.91. The first-order valence-corrected chi connectivity index (χ1v) is 5.31. The van der Waals surface area contributed by atoms with Crippen molar-refractivity contribution in [1.29, 1.82) is 0 Å². The molecule has 13 heavy (non-hydrogen) atoms. The SMILES string of the molecule is C1CC2CC1=C(COCC1CO1)C2. The van der Waals surface area contributed by atoms with Gasteiger partial charge in [0.15, 0.2) is 0 Å². The smallest absolute Gasteiger partial charge is 0.104 e. The predicted molar refractivity (Wildman–Crippen MR) is 49.5 cm³/mol. The lowest BCUT2D eigenvalue weighted by Crippen LogP contribution is -2.06. The van der Waals surface area contributed by atoms with Crippen LogP contribution >= 0.6 is 0 Å². The van der Waals surface area contributed by atoms with Gasteiger partial charge in [0.2, 0.25) is 0 Å². The van der Waals surface area contributed by atoms with Crippen LogP contribution in [0.4, 0.5) is 0 Å². The topological polar surface area (TPSA) is 21.8 Å². The molecule has 0 N–H and O–H groups in total. The molecule has 0 aromatic carbocycles. The van der Waals surface area contributed by atoms with Gasteiger partial charge in [0.1, 0.15) is 6.10 Å². The molecule has 2 bridgehead atoms. The average molecular weight is 180 g/mol. The summed E-state index contributed by atoms with van der Waals surface area (Å²) in [5, 5.41) is 0. The molecule has 0 radical (unpaired) electrons. The van der Waals surface area contributed by atoms with Crippen molar-refractivity contribution < 1.29 is 9.47 Å². The fourth-order valence-electron chi connectivity index (χ4n) is 2.56. The highest BCUT2D eigenvalue weighted by Crippen LogP contribution is 2.43. The van der Waals surface area contributed by atoms with Crippen LogP contribution in [0.3, 0.4) is 0 Å². The van der Waals surface area contributed by atoms with Crippen molar-refractivity contribution in [3.8, 4) is 0 Å². The fraction of sp³-hybridized carbons (Fsp3) is 0.818. The van der Waals surface area contributed by atoms with Crippen LogP contribution in [0.5, 0.6) is 0 Å². The predicted octanol–water partition coefficient (Wildman–Crippen LogP) is 1.90. The van der Waals surface area contributed by atoms with Gasteiger partial charge >= 0.3 is 0 Å². The summed E-state index contributed by atoms with van der Waals surface area (Å²) < 4.78 is 10.7. The van der Waals surface area contributed by atoms with Crippen LogP contribution in [0.15, 0.2) is 11.1 Å².